The van der Waals surface area contributed by atoms with Gasteiger partial charge in [-0.3, -0.25) is 9.48 Å². The molecular formula is C11H19N5O3S. The van der Waals surface area contributed by atoms with Crippen molar-refractivity contribution in [2.75, 3.05) is 13.1 Å². The molecule has 0 aliphatic heterocycles. The van der Waals surface area contributed by atoms with Gasteiger partial charge in [0.05, 0.1) is 12.7 Å². The maximum atomic E-state index is 11.8. The number of sulfonamides is 1. The summed E-state index contributed by atoms with van der Waals surface area (Å²) in [5.74, 6) is 0.0935. The number of nitrogens with one attached hydrogen (secondary N) is 2. The number of carbonyl (C=O) groups is 1. The first-order valence-corrected chi connectivity index (χ1v) is 7.87. The van der Waals surface area contributed by atoms with Crippen LogP contribution in [0, 0.1) is 5.92 Å². The van der Waals surface area contributed by atoms with E-state index in [2.05, 4.69) is 15.1 Å². The van der Waals surface area contributed by atoms with E-state index >= 15 is 0 Å². The van der Waals surface area contributed by atoms with Gasteiger partial charge in [0.1, 0.15) is 4.90 Å². The molecule has 0 bridgehead atoms. The van der Waals surface area contributed by atoms with Gasteiger partial charge in [0, 0.05) is 25.8 Å². The van der Waals surface area contributed by atoms with Gasteiger partial charge in [0.2, 0.25) is 15.9 Å². The topological polar surface area (TPSA) is 119 Å². The SMILES string of the molecule is Cn1cc(S(=O)(=O)NCC(=O)NCC(N)C2CC2)cn1. The summed E-state index contributed by atoms with van der Waals surface area (Å²) in [6.07, 6.45) is 4.79. The van der Waals surface area contributed by atoms with Crippen LogP contribution < -0.4 is 15.8 Å². The number of aryl methyl sites for hydroxylation is 1. The number of amides is 1. The van der Waals surface area contributed by atoms with E-state index in [1.165, 1.54) is 17.1 Å². The second-order valence-electron chi connectivity index (χ2n) is 4.98. The van der Waals surface area contributed by atoms with Crippen molar-refractivity contribution >= 4 is 15.9 Å². The third-order valence-electron chi connectivity index (χ3n) is 3.18. The van der Waals surface area contributed by atoms with E-state index in [0.29, 0.717) is 12.5 Å². The van der Waals surface area contributed by atoms with E-state index in [1.807, 2.05) is 0 Å². The standard InChI is InChI=1S/C11H19N5O3S/c1-16-7-9(4-14-16)20(18,19)15-6-11(17)13-5-10(12)8-2-3-8/h4,7-8,10,15H,2-3,5-6,12H2,1H3,(H,13,17). The molecule has 0 saturated heterocycles. The van der Waals surface area contributed by atoms with Gasteiger partial charge in [0.15, 0.2) is 0 Å². The fraction of sp³-hybridized carbons (Fsp3) is 0.636. The third kappa shape index (κ3) is 4.02. The zero-order chi connectivity index (χ0) is 14.8. The summed E-state index contributed by atoms with van der Waals surface area (Å²) in [5, 5.41) is 6.40. The molecule has 1 fully saturated rings. The number of carbonyl (C=O) groups excluding carboxylic acids is 1. The second-order valence-corrected chi connectivity index (χ2v) is 6.75. The maximum absolute atomic E-state index is 11.8. The number of hydrogen-bond donors (Lipinski definition) is 3. The molecule has 1 aliphatic rings. The molecule has 0 spiro atoms. The maximum Gasteiger partial charge on any atom is 0.244 e. The van der Waals surface area contributed by atoms with Crippen molar-refractivity contribution in [1.82, 2.24) is 19.8 Å². The van der Waals surface area contributed by atoms with Crippen molar-refractivity contribution in [3.63, 3.8) is 0 Å². The largest absolute Gasteiger partial charge is 0.353 e. The summed E-state index contributed by atoms with van der Waals surface area (Å²) in [6, 6.07) is -0.0473. The van der Waals surface area contributed by atoms with Crippen LogP contribution in [-0.4, -0.2) is 43.2 Å². The molecule has 4 N–H and O–H groups in total. The van der Waals surface area contributed by atoms with E-state index in [0.717, 1.165) is 12.8 Å². The predicted molar refractivity (Wildman–Crippen MR) is 72.1 cm³/mol. The highest BCUT2D eigenvalue weighted by molar-refractivity contribution is 7.89. The van der Waals surface area contributed by atoms with E-state index < -0.39 is 15.9 Å². The molecule has 8 nitrogen and oxygen atoms in total. The predicted octanol–water partition coefficient (Wildman–Crippen LogP) is -1.45. The minimum absolute atomic E-state index is 0.0301. The summed E-state index contributed by atoms with van der Waals surface area (Å²) >= 11 is 0. The minimum atomic E-state index is -3.70. The molecule has 1 unspecified atom stereocenters. The Balaban J connectivity index is 1.77. The Bertz CT molecular complexity index is 579. The van der Waals surface area contributed by atoms with Gasteiger partial charge in [-0.2, -0.15) is 5.10 Å². The average molecular weight is 301 g/mol. The summed E-state index contributed by atoms with van der Waals surface area (Å²) in [7, 11) is -2.09. The lowest BCUT2D eigenvalue weighted by molar-refractivity contribution is -0.120. The van der Waals surface area contributed by atoms with Crippen LogP contribution in [0.2, 0.25) is 0 Å². The Labute approximate surface area is 117 Å². The molecule has 1 aliphatic carbocycles. The normalized spacial score (nSPS) is 16.9. The lowest BCUT2D eigenvalue weighted by atomic mass is 10.2. The summed E-state index contributed by atoms with van der Waals surface area (Å²) in [5.41, 5.74) is 5.84. The zero-order valence-corrected chi connectivity index (χ0v) is 12.1. The smallest absolute Gasteiger partial charge is 0.244 e. The minimum Gasteiger partial charge on any atom is -0.353 e. The fourth-order valence-corrected chi connectivity index (χ4v) is 2.73. The number of nitrogens with two attached hydrogens (primary N) is 1. The molecule has 2 rings (SSSR count). The quantitative estimate of drug-likeness (QED) is 0.569. The van der Waals surface area contributed by atoms with Crippen molar-refractivity contribution in [2.45, 2.75) is 23.8 Å². The van der Waals surface area contributed by atoms with Crippen LogP contribution >= 0.6 is 0 Å². The van der Waals surface area contributed by atoms with Crippen molar-refractivity contribution in [1.29, 1.82) is 0 Å². The van der Waals surface area contributed by atoms with Gasteiger partial charge in [-0.15, -0.1) is 0 Å². The number of aromatic nitrogens is 2. The van der Waals surface area contributed by atoms with Crippen LogP contribution in [0.4, 0.5) is 0 Å². The lowest BCUT2D eigenvalue weighted by Gasteiger charge is -2.11. The Hall–Kier alpha value is -1.45. The Morgan fingerprint density at radius 3 is 2.85 bits per heavy atom. The monoisotopic (exact) mass is 301 g/mol. The van der Waals surface area contributed by atoms with Crippen LogP contribution in [0.15, 0.2) is 17.3 Å². The zero-order valence-electron chi connectivity index (χ0n) is 11.2. The van der Waals surface area contributed by atoms with E-state index in [9.17, 15) is 13.2 Å². The molecule has 9 heteroatoms. The molecule has 0 aromatic carbocycles. The molecule has 1 saturated carbocycles. The van der Waals surface area contributed by atoms with Gasteiger partial charge in [-0.1, -0.05) is 0 Å². The van der Waals surface area contributed by atoms with E-state index in [4.69, 9.17) is 5.73 Å². The Morgan fingerprint density at radius 1 is 1.60 bits per heavy atom. The van der Waals surface area contributed by atoms with E-state index in [1.54, 1.807) is 7.05 Å². The Kier molecular flexibility index (Phi) is 4.41. The van der Waals surface area contributed by atoms with Gasteiger partial charge in [0.25, 0.3) is 0 Å². The highest BCUT2D eigenvalue weighted by Gasteiger charge is 2.28. The van der Waals surface area contributed by atoms with Gasteiger partial charge < -0.3 is 11.1 Å². The molecular weight excluding hydrogens is 282 g/mol. The van der Waals surface area contributed by atoms with Crippen molar-refractivity contribution < 1.29 is 13.2 Å². The number of rotatable bonds is 7. The van der Waals surface area contributed by atoms with Crippen LogP contribution in [-0.2, 0) is 21.9 Å². The van der Waals surface area contributed by atoms with Crippen LogP contribution in [0.1, 0.15) is 12.8 Å². The number of nitrogens with zero attached hydrogens (tertiary/aromatic N) is 2. The average Bonchev–Trinajstić information content (AvgIpc) is 3.15. The number of hydrogen-bond acceptors (Lipinski definition) is 5. The highest BCUT2D eigenvalue weighted by Crippen LogP contribution is 2.31. The van der Waals surface area contributed by atoms with Crippen LogP contribution in [0.25, 0.3) is 0 Å². The summed E-state index contributed by atoms with van der Waals surface area (Å²) in [4.78, 5) is 11.6. The Morgan fingerprint density at radius 2 is 2.30 bits per heavy atom. The summed E-state index contributed by atoms with van der Waals surface area (Å²) in [6.45, 7) is 0.0622. The molecule has 112 valence electrons. The van der Waals surface area contributed by atoms with Crippen molar-refractivity contribution in [3.05, 3.63) is 12.4 Å². The van der Waals surface area contributed by atoms with Gasteiger partial charge >= 0.3 is 0 Å². The van der Waals surface area contributed by atoms with Crippen LogP contribution in [0.5, 0.6) is 0 Å². The molecule has 1 atom stereocenters. The van der Waals surface area contributed by atoms with Gasteiger partial charge in [-0.25, -0.2) is 13.1 Å². The van der Waals surface area contributed by atoms with E-state index in [-0.39, 0.29) is 17.5 Å². The first kappa shape index (κ1) is 14.9. The molecule has 1 heterocycles. The van der Waals surface area contributed by atoms with Gasteiger partial charge in [-0.05, 0) is 18.8 Å². The molecule has 1 amide bonds. The van der Waals surface area contributed by atoms with Crippen molar-refractivity contribution in [3.8, 4) is 0 Å². The molecule has 20 heavy (non-hydrogen) atoms. The third-order valence-corrected chi connectivity index (χ3v) is 4.53. The molecule has 1 aromatic heterocycles. The summed E-state index contributed by atoms with van der Waals surface area (Å²) < 4.78 is 27.3. The molecule has 1 aromatic rings. The van der Waals surface area contributed by atoms with Crippen molar-refractivity contribution in [2.24, 2.45) is 18.7 Å². The second kappa shape index (κ2) is 5.90. The molecule has 0 radical (unpaired) electrons. The fourth-order valence-electron chi connectivity index (χ4n) is 1.77. The lowest BCUT2D eigenvalue weighted by Crippen LogP contribution is -2.43. The van der Waals surface area contributed by atoms with Crippen LogP contribution in [0.3, 0.4) is 0 Å². The first-order chi connectivity index (χ1) is 9.38. The highest BCUT2D eigenvalue weighted by atomic mass is 32.2. The first-order valence-electron chi connectivity index (χ1n) is 6.39.